The topological polar surface area (TPSA) is 158 Å². The van der Waals surface area contributed by atoms with E-state index >= 15 is 0 Å². The number of fused-ring (bicyclic) bond motifs is 1. The Hall–Kier alpha value is -3.81. The van der Waals surface area contributed by atoms with Crippen molar-refractivity contribution in [3.63, 3.8) is 0 Å². The van der Waals surface area contributed by atoms with Gasteiger partial charge in [-0.15, -0.1) is 11.8 Å². The van der Waals surface area contributed by atoms with Gasteiger partial charge in [0, 0.05) is 34.7 Å². The Morgan fingerprint density at radius 1 is 1.12 bits per heavy atom. The van der Waals surface area contributed by atoms with Gasteiger partial charge in [0.05, 0.1) is 11.9 Å². The molecular formula is C29H32N4O7S2. The van der Waals surface area contributed by atoms with Crippen molar-refractivity contribution in [2.75, 3.05) is 30.2 Å². The minimum absolute atomic E-state index is 0.108. The Balaban J connectivity index is 1.45. The molecule has 0 saturated carbocycles. The number of rotatable bonds is 13. The molecule has 1 aliphatic heterocycles. The van der Waals surface area contributed by atoms with Crippen LogP contribution in [0.25, 0.3) is 10.8 Å². The van der Waals surface area contributed by atoms with Gasteiger partial charge in [-0.3, -0.25) is 19.4 Å². The summed E-state index contributed by atoms with van der Waals surface area (Å²) in [6.07, 6.45) is 3.51. The number of carboxylic acid groups (broad SMARTS) is 1. The summed E-state index contributed by atoms with van der Waals surface area (Å²) in [5.74, 6) is -1.99. The molecule has 4 rings (SSSR count). The molecule has 3 amide bonds. The molecule has 4 atom stereocenters. The maximum atomic E-state index is 13.4. The molecular weight excluding hydrogens is 580 g/mol. The van der Waals surface area contributed by atoms with Crippen LogP contribution in [0.4, 0.5) is 0 Å². The van der Waals surface area contributed by atoms with Crippen molar-refractivity contribution in [3.8, 4) is 5.75 Å². The predicted molar refractivity (Wildman–Crippen MR) is 161 cm³/mol. The van der Waals surface area contributed by atoms with Crippen molar-refractivity contribution in [1.82, 2.24) is 20.5 Å². The Labute approximate surface area is 251 Å². The van der Waals surface area contributed by atoms with Gasteiger partial charge in [-0.25, -0.2) is 4.79 Å². The second-order valence-electron chi connectivity index (χ2n) is 9.63. The molecule has 4 unspecified atom stereocenters. The number of aliphatic hydroxyl groups excluding tert-OH is 1. The number of pyridine rings is 1. The zero-order valence-electron chi connectivity index (χ0n) is 22.8. The summed E-state index contributed by atoms with van der Waals surface area (Å²) in [4.78, 5) is 56.3. The van der Waals surface area contributed by atoms with E-state index in [0.29, 0.717) is 5.75 Å². The molecule has 2 aromatic carbocycles. The molecule has 0 aliphatic carbocycles. The molecule has 3 aromatic rings. The third kappa shape index (κ3) is 7.93. The first-order valence-electron chi connectivity index (χ1n) is 13.2. The van der Waals surface area contributed by atoms with Crippen LogP contribution >= 0.6 is 23.5 Å². The minimum Gasteiger partial charge on any atom is -0.483 e. The third-order valence-electron chi connectivity index (χ3n) is 6.70. The highest BCUT2D eigenvalue weighted by atomic mass is 32.2. The van der Waals surface area contributed by atoms with Crippen molar-refractivity contribution < 1.29 is 34.1 Å². The lowest BCUT2D eigenvalue weighted by molar-refractivity contribution is -0.152. The van der Waals surface area contributed by atoms with E-state index in [2.05, 4.69) is 15.6 Å². The van der Waals surface area contributed by atoms with E-state index in [4.69, 9.17) is 4.74 Å². The van der Waals surface area contributed by atoms with Gasteiger partial charge in [0.25, 0.3) is 11.8 Å². The number of hydrogen-bond donors (Lipinski definition) is 4. The lowest BCUT2D eigenvalue weighted by Crippen LogP contribution is -2.58. The number of nitrogens with zero attached hydrogens (tertiary/aromatic N) is 2. The Kier molecular flexibility index (Phi) is 11.0. The number of ether oxygens (including phenoxy) is 1. The van der Waals surface area contributed by atoms with E-state index in [1.54, 1.807) is 61.1 Å². The number of carbonyl (C=O) groups is 4. The van der Waals surface area contributed by atoms with Gasteiger partial charge < -0.3 is 30.5 Å². The van der Waals surface area contributed by atoms with Crippen molar-refractivity contribution in [2.45, 2.75) is 30.7 Å². The molecule has 42 heavy (non-hydrogen) atoms. The standard InChI is InChI=1S/C29H32N4O7S2/c1-41-15-22(31-25(34)14-40-24-9-5-8-19-13-30-11-10-20(19)24)27(36)32-21(12-18-6-3-2-4-7-18)26(35)28(37)33-17-42-16-23(33)29(38)39/h2-11,13,21-23,26,35H,12,14-17H2,1H3,(H,31,34)(H,32,36)(H,38,39). The molecule has 1 saturated heterocycles. The number of nitrogens with one attached hydrogen (secondary N) is 2. The fourth-order valence-electron chi connectivity index (χ4n) is 4.55. The summed E-state index contributed by atoms with van der Waals surface area (Å²) in [5, 5.41) is 27.7. The van der Waals surface area contributed by atoms with Crippen molar-refractivity contribution in [1.29, 1.82) is 0 Å². The molecule has 222 valence electrons. The lowest BCUT2D eigenvalue weighted by atomic mass is 9.99. The molecule has 2 heterocycles. The van der Waals surface area contributed by atoms with E-state index in [1.165, 1.54) is 23.5 Å². The number of aliphatic carboxylic acids is 1. The second kappa shape index (κ2) is 14.9. The largest absolute Gasteiger partial charge is 0.483 e. The van der Waals surface area contributed by atoms with E-state index < -0.39 is 47.9 Å². The van der Waals surface area contributed by atoms with Crippen LogP contribution in [-0.2, 0) is 25.6 Å². The van der Waals surface area contributed by atoms with E-state index in [9.17, 15) is 29.4 Å². The average molecular weight is 613 g/mol. The number of carbonyl (C=O) groups excluding carboxylic acids is 3. The molecule has 13 heteroatoms. The number of aromatic nitrogens is 1. The second-order valence-corrected chi connectivity index (χ2v) is 11.5. The fraction of sp³-hybridized carbons (Fsp3) is 0.345. The maximum Gasteiger partial charge on any atom is 0.327 e. The first-order chi connectivity index (χ1) is 20.3. The quantitative estimate of drug-likeness (QED) is 0.223. The summed E-state index contributed by atoms with van der Waals surface area (Å²) in [6.45, 7) is -0.336. The van der Waals surface area contributed by atoms with Crippen LogP contribution in [-0.4, -0.2) is 98.3 Å². The molecule has 11 nitrogen and oxygen atoms in total. The molecule has 0 spiro atoms. The van der Waals surface area contributed by atoms with Crippen LogP contribution in [0.15, 0.2) is 67.0 Å². The Bertz CT molecular complexity index is 1410. The molecule has 1 aliphatic rings. The van der Waals surface area contributed by atoms with Gasteiger partial charge >= 0.3 is 5.97 Å². The van der Waals surface area contributed by atoms with Gasteiger partial charge in [0.15, 0.2) is 12.7 Å². The summed E-state index contributed by atoms with van der Waals surface area (Å²) in [5.41, 5.74) is 0.754. The fourth-order valence-corrected chi connectivity index (χ4v) is 6.27. The van der Waals surface area contributed by atoms with Crippen molar-refractivity contribution in [3.05, 3.63) is 72.6 Å². The van der Waals surface area contributed by atoms with E-state index in [-0.39, 0.29) is 30.4 Å². The van der Waals surface area contributed by atoms with Crippen LogP contribution in [0.5, 0.6) is 5.75 Å². The molecule has 1 fully saturated rings. The maximum absolute atomic E-state index is 13.4. The average Bonchev–Trinajstić information content (AvgIpc) is 3.50. The third-order valence-corrected chi connectivity index (χ3v) is 8.37. The van der Waals surface area contributed by atoms with Crippen LogP contribution in [0, 0.1) is 0 Å². The predicted octanol–water partition coefficient (Wildman–Crippen LogP) is 1.54. The SMILES string of the molecule is CSCC(NC(=O)COc1cccc2cnccc12)C(=O)NC(Cc1ccccc1)C(O)C(=O)N1CSCC1C(=O)O. The highest BCUT2D eigenvalue weighted by molar-refractivity contribution is 7.99. The number of amides is 3. The summed E-state index contributed by atoms with van der Waals surface area (Å²) in [7, 11) is 0. The number of thioether (sulfide) groups is 2. The molecule has 1 aromatic heterocycles. The summed E-state index contributed by atoms with van der Waals surface area (Å²) < 4.78 is 5.74. The normalized spacial score (nSPS) is 16.8. The summed E-state index contributed by atoms with van der Waals surface area (Å²) in [6, 6.07) is 13.1. The minimum atomic E-state index is -1.70. The molecule has 0 radical (unpaired) electrons. The van der Waals surface area contributed by atoms with Crippen LogP contribution in [0.3, 0.4) is 0 Å². The lowest BCUT2D eigenvalue weighted by Gasteiger charge is -2.30. The highest BCUT2D eigenvalue weighted by Gasteiger charge is 2.40. The number of benzene rings is 2. The zero-order chi connectivity index (χ0) is 30.1. The zero-order valence-corrected chi connectivity index (χ0v) is 24.5. The smallest absolute Gasteiger partial charge is 0.327 e. The van der Waals surface area contributed by atoms with Gasteiger partial charge in [-0.2, -0.15) is 11.8 Å². The monoisotopic (exact) mass is 612 g/mol. The van der Waals surface area contributed by atoms with Gasteiger partial charge in [0.2, 0.25) is 5.91 Å². The van der Waals surface area contributed by atoms with Gasteiger partial charge in [-0.05, 0) is 30.4 Å². The van der Waals surface area contributed by atoms with Crippen LogP contribution in [0.2, 0.25) is 0 Å². The number of aliphatic hydroxyl groups is 1. The van der Waals surface area contributed by atoms with E-state index in [1.807, 2.05) is 12.1 Å². The first kappa shape index (κ1) is 31.1. The number of hydrogen-bond acceptors (Lipinski definition) is 9. The Morgan fingerprint density at radius 2 is 1.90 bits per heavy atom. The molecule has 4 N–H and O–H groups in total. The van der Waals surface area contributed by atoms with Crippen molar-refractivity contribution >= 4 is 58.0 Å². The Morgan fingerprint density at radius 3 is 2.64 bits per heavy atom. The number of carboxylic acids is 1. The molecule has 0 bridgehead atoms. The first-order valence-corrected chi connectivity index (χ1v) is 15.7. The van der Waals surface area contributed by atoms with Gasteiger partial charge in [0.1, 0.15) is 17.8 Å². The summed E-state index contributed by atoms with van der Waals surface area (Å²) >= 11 is 2.61. The van der Waals surface area contributed by atoms with Crippen LogP contribution in [0.1, 0.15) is 5.56 Å². The highest BCUT2D eigenvalue weighted by Crippen LogP contribution is 2.25. The van der Waals surface area contributed by atoms with E-state index in [0.717, 1.165) is 21.2 Å². The van der Waals surface area contributed by atoms with Crippen molar-refractivity contribution in [2.24, 2.45) is 0 Å². The van der Waals surface area contributed by atoms with Crippen LogP contribution < -0.4 is 15.4 Å². The van der Waals surface area contributed by atoms with Gasteiger partial charge in [-0.1, -0.05) is 42.5 Å².